The topological polar surface area (TPSA) is 35.5 Å². The monoisotopic (exact) mass is 280 g/mol. The van der Waals surface area contributed by atoms with Gasteiger partial charge in [-0.25, -0.2) is 0 Å². The van der Waals surface area contributed by atoms with Crippen LogP contribution in [0, 0.1) is 0 Å². The average molecular weight is 280 g/mol. The van der Waals surface area contributed by atoms with Crippen LogP contribution >= 0.6 is 11.3 Å². The van der Waals surface area contributed by atoms with Crippen molar-refractivity contribution in [1.29, 1.82) is 0 Å². The SMILES string of the molecule is CC1CC(NCC(C)(O)c2cccs2)CN1C1CC1. The zero-order valence-electron chi connectivity index (χ0n) is 11.8. The standard InChI is InChI=1S/C15H24N2OS/c1-11-8-12(9-17(11)13-5-6-13)16-10-15(2,18)14-4-3-7-19-14/h3-4,7,11-13,16,18H,5-6,8-10H2,1-2H3. The summed E-state index contributed by atoms with van der Waals surface area (Å²) in [4.78, 5) is 3.68. The second kappa shape index (κ2) is 5.17. The minimum atomic E-state index is -0.746. The zero-order valence-corrected chi connectivity index (χ0v) is 12.6. The number of thiophene rings is 1. The van der Waals surface area contributed by atoms with Crippen molar-refractivity contribution in [3.63, 3.8) is 0 Å². The third-order valence-electron chi connectivity index (χ3n) is 4.43. The van der Waals surface area contributed by atoms with Gasteiger partial charge in [-0.3, -0.25) is 4.90 Å². The van der Waals surface area contributed by atoms with Crippen LogP contribution < -0.4 is 5.32 Å². The lowest BCUT2D eigenvalue weighted by molar-refractivity contribution is 0.0577. The van der Waals surface area contributed by atoms with Crippen molar-refractivity contribution in [2.75, 3.05) is 13.1 Å². The predicted octanol–water partition coefficient (Wildman–Crippen LogP) is 2.17. The fraction of sp³-hybridized carbons (Fsp3) is 0.733. The normalized spacial score (nSPS) is 31.5. The second-order valence-electron chi connectivity index (χ2n) is 6.34. The molecule has 2 aliphatic rings. The summed E-state index contributed by atoms with van der Waals surface area (Å²) in [6.45, 7) is 6.02. The van der Waals surface area contributed by atoms with E-state index in [1.807, 2.05) is 24.4 Å². The molecule has 1 aromatic heterocycles. The molecule has 3 rings (SSSR count). The van der Waals surface area contributed by atoms with Crippen LogP contribution in [-0.2, 0) is 5.60 Å². The summed E-state index contributed by atoms with van der Waals surface area (Å²) in [7, 11) is 0. The lowest BCUT2D eigenvalue weighted by Crippen LogP contribution is -2.41. The molecule has 19 heavy (non-hydrogen) atoms. The van der Waals surface area contributed by atoms with Crippen LogP contribution in [0.25, 0.3) is 0 Å². The Bertz CT molecular complexity index is 414. The Balaban J connectivity index is 1.52. The van der Waals surface area contributed by atoms with Gasteiger partial charge in [-0.05, 0) is 44.6 Å². The van der Waals surface area contributed by atoms with E-state index in [2.05, 4.69) is 17.1 Å². The van der Waals surface area contributed by atoms with Gasteiger partial charge in [0, 0.05) is 36.1 Å². The Morgan fingerprint density at radius 3 is 2.95 bits per heavy atom. The van der Waals surface area contributed by atoms with E-state index in [0.717, 1.165) is 17.5 Å². The van der Waals surface area contributed by atoms with E-state index in [9.17, 15) is 5.11 Å². The molecule has 1 saturated carbocycles. The number of likely N-dealkylation sites (tertiary alicyclic amines) is 1. The number of hydrogen-bond acceptors (Lipinski definition) is 4. The molecule has 0 aromatic carbocycles. The highest BCUT2D eigenvalue weighted by Crippen LogP contribution is 2.33. The number of rotatable bonds is 5. The molecule has 0 bridgehead atoms. The van der Waals surface area contributed by atoms with Gasteiger partial charge in [0.2, 0.25) is 0 Å². The van der Waals surface area contributed by atoms with Gasteiger partial charge in [0.25, 0.3) is 0 Å². The molecule has 3 nitrogen and oxygen atoms in total. The Morgan fingerprint density at radius 2 is 2.32 bits per heavy atom. The van der Waals surface area contributed by atoms with E-state index >= 15 is 0 Å². The highest BCUT2D eigenvalue weighted by molar-refractivity contribution is 7.10. The van der Waals surface area contributed by atoms with Crippen molar-refractivity contribution in [2.45, 2.75) is 56.8 Å². The lowest BCUT2D eigenvalue weighted by Gasteiger charge is -2.25. The Labute approximate surface area is 119 Å². The van der Waals surface area contributed by atoms with Crippen LogP contribution in [0.4, 0.5) is 0 Å². The Hall–Kier alpha value is -0.420. The van der Waals surface area contributed by atoms with E-state index in [1.54, 1.807) is 11.3 Å². The van der Waals surface area contributed by atoms with Crippen LogP contribution in [0.3, 0.4) is 0 Å². The maximum absolute atomic E-state index is 10.5. The van der Waals surface area contributed by atoms with Gasteiger partial charge in [-0.15, -0.1) is 11.3 Å². The number of hydrogen-bond donors (Lipinski definition) is 2. The fourth-order valence-corrected chi connectivity index (χ4v) is 3.92. The van der Waals surface area contributed by atoms with Crippen LogP contribution in [0.15, 0.2) is 17.5 Å². The van der Waals surface area contributed by atoms with Crippen LogP contribution in [-0.4, -0.2) is 41.2 Å². The first-order valence-corrected chi connectivity index (χ1v) is 8.20. The smallest absolute Gasteiger partial charge is 0.108 e. The van der Waals surface area contributed by atoms with Gasteiger partial charge in [0.1, 0.15) is 5.60 Å². The van der Waals surface area contributed by atoms with Gasteiger partial charge in [-0.1, -0.05) is 6.07 Å². The zero-order chi connectivity index (χ0) is 13.5. The molecule has 1 saturated heterocycles. The van der Waals surface area contributed by atoms with Gasteiger partial charge >= 0.3 is 0 Å². The third kappa shape index (κ3) is 3.02. The molecule has 3 atom stereocenters. The molecule has 0 amide bonds. The van der Waals surface area contributed by atoms with E-state index in [0.29, 0.717) is 18.6 Å². The Kier molecular flexibility index (Phi) is 3.69. The van der Waals surface area contributed by atoms with E-state index < -0.39 is 5.60 Å². The number of nitrogens with one attached hydrogen (secondary N) is 1. The van der Waals surface area contributed by atoms with E-state index in [4.69, 9.17) is 0 Å². The maximum Gasteiger partial charge on any atom is 0.108 e. The molecule has 0 radical (unpaired) electrons. The predicted molar refractivity (Wildman–Crippen MR) is 79.5 cm³/mol. The van der Waals surface area contributed by atoms with E-state index in [-0.39, 0.29) is 0 Å². The Morgan fingerprint density at radius 1 is 1.53 bits per heavy atom. The summed E-state index contributed by atoms with van der Waals surface area (Å²) in [6, 6.07) is 6.08. The maximum atomic E-state index is 10.5. The van der Waals surface area contributed by atoms with Gasteiger partial charge in [0.15, 0.2) is 0 Å². The fourth-order valence-electron chi connectivity index (χ4n) is 3.13. The molecule has 0 spiro atoms. The molecule has 1 aliphatic heterocycles. The summed E-state index contributed by atoms with van der Waals surface area (Å²) in [6.07, 6.45) is 3.96. The molecule has 106 valence electrons. The van der Waals surface area contributed by atoms with Crippen LogP contribution in [0.5, 0.6) is 0 Å². The summed E-state index contributed by atoms with van der Waals surface area (Å²) in [5.41, 5.74) is -0.746. The van der Waals surface area contributed by atoms with Gasteiger partial charge in [-0.2, -0.15) is 0 Å². The third-order valence-corrected chi connectivity index (χ3v) is 5.55. The summed E-state index contributed by atoms with van der Waals surface area (Å²) in [5.74, 6) is 0. The highest BCUT2D eigenvalue weighted by atomic mass is 32.1. The van der Waals surface area contributed by atoms with Crippen molar-refractivity contribution in [1.82, 2.24) is 10.2 Å². The van der Waals surface area contributed by atoms with Crippen molar-refractivity contribution in [3.8, 4) is 0 Å². The largest absolute Gasteiger partial charge is 0.383 e. The summed E-state index contributed by atoms with van der Waals surface area (Å²) in [5, 5.41) is 16.1. The van der Waals surface area contributed by atoms with Crippen molar-refractivity contribution in [2.24, 2.45) is 0 Å². The molecule has 2 heterocycles. The van der Waals surface area contributed by atoms with Crippen LogP contribution in [0.2, 0.25) is 0 Å². The van der Waals surface area contributed by atoms with Crippen molar-refractivity contribution >= 4 is 11.3 Å². The van der Waals surface area contributed by atoms with Crippen molar-refractivity contribution in [3.05, 3.63) is 22.4 Å². The first-order valence-electron chi connectivity index (χ1n) is 7.32. The summed E-state index contributed by atoms with van der Waals surface area (Å²) >= 11 is 1.63. The highest BCUT2D eigenvalue weighted by Gasteiger charge is 2.39. The quantitative estimate of drug-likeness (QED) is 0.868. The van der Waals surface area contributed by atoms with Gasteiger partial charge in [0.05, 0.1) is 0 Å². The van der Waals surface area contributed by atoms with Crippen molar-refractivity contribution < 1.29 is 5.11 Å². The second-order valence-corrected chi connectivity index (χ2v) is 7.29. The number of nitrogens with zero attached hydrogens (tertiary/aromatic N) is 1. The first-order chi connectivity index (χ1) is 9.06. The molecular weight excluding hydrogens is 256 g/mol. The van der Waals surface area contributed by atoms with E-state index in [1.165, 1.54) is 19.3 Å². The number of aliphatic hydroxyl groups is 1. The molecule has 2 fully saturated rings. The summed E-state index contributed by atoms with van der Waals surface area (Å²) < 4.78 is 0. The minimum absolute atomic E-state index is 0.530. The van der Waals surface area contributed by atoms with Gasteiger partial charge < -0.3 is 10.4 Å². The lowest BCUT2D eigenvalue weighted by atomic mass is 10.0. The molecule has 3 unspecified atom stereocenters. The molecule has 2 N–H and O–H groups in total. The molecule has 1 aromatic rings. The molecular formula is C15H24N2OS. The van der Waals surface area contributed by atoms with Crippen LogP contribution in [0.1, 0.15) is 38.0 Å². The average Bonchev–Trinajstić information content (AvgIpc) is 2.91. The molecule has 4 heteroatoms. The first kappa shape index (κ1) is 13.6. The molecule has 1 aliphatic carbocycles. The minimum Gasteiger partial charge on any atom is -0.383 e.